The Hall–Kier alpha value is -3.04. The molecule has 10 heteroatoms. The van der Waals surface area contributed by atoms with E-state index in [-0.39, 0.29) is 47.1 Å². The third-order valence-electron chi connectivity index (χ3n) is 3.85. The Labute approximate surface area is 199 Å². The van der Waals surface area contributed by atoms with Gasteiger partial charge in [-0.1, -0.05) is 40.2 Å². The van der Waals surface area contributed by atoms with Gasteiger partial charge in [-0.2, -0.15) is 0 Å². The lowest BCUT2D eigenvalue weighted by atomic mass is 9.93. The number of ether oxygens (including phenoxy) is 3. The summed E-state index contributed by atoms with van der Waals surface area (Å²) in [5, 5.41) is 8.85. The Balaban J connectivity index is -0.000000241. The smallest absolute Gasteiger partial charge is 0.409 e. The van der Waals surface area contributed by atoms with E-state index in [1.165, 1.54) is 36.1 Å². The summed E-state index contributed by atoms with van der Waals surface area (Å²) >= 11 is 0. The molecule has 0 aromatic heterocycles. The molecule has 0 saturated carbocycles. The Morgan fingerprint density at radius 3 is 1.42 bits per heavy atom. The van der Waals surface area contributed by atoms with E-state index in [1.54, 1.807) is 34.7 Å². The molecule has 0 aromatic carbocycles. The molecule has 0 spiro atoms. The van der Waals surface area contributed by atoms with E-state index in [1.807, 2.05) is 0 Å². The zero-order chi connectivity index (χ0) is 24.8. The van der Waals surface area contributed by atoms with Gasteiger partial charge < -0.3 is 29.1 Å². The summed E-state index contributed by atoms with van der Waals surface area (Å²) in [6, 6.07) is 0. The second-order valence-electron chi connectivity index (χ2n) is 8.01. The first-order valence-electron chi connectivity index (χ1n) is 9.45. The second-order valence-corrected chi connectivity index (χ2v) is 8.01. The van der Waals surface area contributed by atoms with Crippen molar-refractivity contribution in [2.75, 3.05) is 47.5 Å². The van der Waals surface area contributed by atoms with E-state index in [9.17, 15) is 19.2 Å². The molecule has 0 fully saturated rings. The maximum atomic E-state index is 11.4. The summed E-state index contributed by atoms with van der Waals surface area (Å²) in [7, 11) is 4.38. The summed E-state index contributed by atoms with van der Waals surface area (Å²) in [6.07, 6.45) is 1.90. The Morgan fingerprint density at radius 2 is 1.15 bits per heavy atom. The van der Waals surface area contributed by atoms with Crippen molar-refractivity contribution < 1.29 is 38.5 Å². The van der Waals surface area contributed by atoms with Crippen molar-refractivity contribution in [3.8, 4) is 0 Å². The van der Waals surface area contributed by atoms with Crippen LogP contribution in [0.3, 0.4) is 0 Å². The maximum absolute atomic E-state index is 11.4. The van der Waals surface area contributed by atoms with Crippen molar-refractivity contribution in [2.45, 2.75) is 42.5 Å². The van der Waals surface area contributed by atoms with Crippen LogP contribution in [0.2, 0.25) is 0 Å². The number of carboxylic acid groups (broad SMARTS) is 1. The second kappa shape index (κ2) is 17.5. The molecule has 0 rings (SSSR count). The first-order valence-corrected chi connectivity index (χ1v) is 9.45. The standard InChI is InChI=1S/C11H19NO4.C10H17NO4.2CH4/c1-6-7-16-10(14)12(4)8-11(2,3)9(13)15-5;1-5-6-15-9(14)11(4)7-10(2,3)8(12)13;;/h6H,1,7-8H2,2-5H3;5H,1,6-7H2,2-4H3,(H,12,13);2*1H4. The van der Waals surface area contributed by atoms with E-state index in [0.29, 0.717) is 0 Å². The first-order chi connectivity index (χ1) is 14.2. The predicted octanol–water partition coefficient (Wildman–Crippen LogP) is 4.06. The zero-order valence-electron chi connectivity index (χ0n) is 19.6. The molecular formula is C23H44N2O8. The Bertz CT molecular complexity index is 644. The Kier molecular flexibility index (Phi) is 19.8. The molecule has 1 N–H and O–H groups in total. The summed E-state index contributed by atoms with van der Waals surface area (Å²) < 4.78 is 14.2. The highest BCUT2D eigenvalue weighted by Gasteiger charge is 2.32. The maximum Gasteiger partial charge on any atom is 0.409 e. The van der Waals surface area contributed by atoms with Gasteiger partial charge in [0.25, 0.3) is 0 Å². The molecule has 0 unspecified atom stereocenters. The van der Waals surface area contributed by atoms with Crippen LogP contribution in [-0.2, 0) is 23.8 Å². The number of carbonyl (C=O) groups is 4. The van der Waals surface area contributed by atoms with Crippen molar-refractivity contribution >= 4 is 24.1 Å². The highest BCUT2D eigenvalue weighted by molar-refractivity contribution is 5.77. The molecule has 194 valence electrons. The monoisotopic (exact) mass is 476 g/mol. The van der Waals surface area contributed by atoms with Crippen molar-refractivity contribution in [1.29, 1.82) is 0 Å². The van der Waals surface area contributed by atoms with Crippen LogP contribution in [0.15, 0.2) is 25.3 Å². The summed E-state index contributed by atoms with van der Waals surface area (Å²) in [5.41, 5.74) is -1.74. The molecule has 0 aromatic rings. The fourth-order valence-electron chi connectivity index (χ4n) is 2.20. The first kappa shape index (κ1) is 37.3. The fourth-order valence-corrected chi connectivity index (χ4v) is 2.20. The zero-order valence-corrected chi connectivity index (χ0v) is 19.6. The van der Waals surface area contributed by atoms with E-state index >= 15 is 0 Å². The SMILES string of the molecule is C.C.C=CCOC(=O)N(C)CC(C)(C)C(=O)O.C=CCOC(=O)N(C)CC(C)(C)C(=O)OC. The number of hydrogen-bond acceptors (Lipinski definition) is 7. The number of carbonyl (C=O) groups excluding carboxylic acids is 3. The van der Waals surface area contributed by atoms with Gasteiger partial charge in [0.1, 0.15) is 13.2 Å². The van der Waals surface area contributed by atoms with Gasteiger partial charge in [-0.25, -0.2) is 9.59 Å². The number of methoxy groups -OCH3 is 1. The number of aliphatic carboxylic acids is 1. The minimum Gasteiger partial charge on any atom is -0.481 e. The topological polar surface area (TPSA) is 123 Å². The lowest BCUT2D eigenvalue weighted by Gasteiger charge is -2.27. The number of carboxylic acids is 1. The molecule has 0 aliphatic heterocycles. The molecule has 2 amide bonds. The van der Waals surface area contributed by atoms with E-state index < -0.39 is 29.0 Å². The lowest BCUT2D eigenvalue weighted by Crippen LogP contribution is -2.41. The average molecular weight is 477 g/mol. The van der Waals surface area contributed by atoms with E-state index in [4.69, 9.17) is 14.6 Å². The third kappa shape index (κ3) is 15.4. The quantitative estimate of drug-likeness (QED) is 0.284. The number of hydrogen-bond donors (Lipinski definition) is 1. The van der Waals surface area contributed by atoms with Crippen LogP contribution in [-0.4, -0.2) is 86.5 Å². The van der Waals surface area contributed by atoms with Crippen molar-refractivity contribution in [3.05, 3.63) is 25.3 Å². The molecule has 0 saturated heterocycles. The van der Waals surface area contributed by atoms with Gasteiger partial charge in [0.2, 0.25) is 0 Å². The van der Waals surface area contributed by atoms with Gasteiger partial charge in [-0.3, -0.25) is 9.59 Å². The predicted molar refractivity (Wildman–Crippen MR) is 129 cm³/mol. The van der Waals surface area contributed by atoms with E-state index in [2.05, 4.69) is 17.9 Å². The largest absolute Gasteiger partial charge is 0.481 e. The van der Waals surface area contributed by atoms with Gasteiger partial charge in [-0.05, 0) is 27.7 Å². The fraction of sp³-hybridized carbons (Fsp3) is 0.652. The van der Waals surface area contributed by atoms with Crippen LogP contribution in [0.25, 0.3) is 0 Å². The van der Waals surface area contributed by atoms with E-state index in [0.717, 1.165) is 0 Å². The average Bonchev–Trinajstić information content (AvgIpc) is 2.68. The van der Waals surface area contributed by atoms with Crippen LogP contribution in [0.4, 0.5) is 9.59 Å². The normalized spacial score (nSPS) is 9.91. The van der Waals surface area contributed by atoms with Gasteiger partial charge in [0, 0.05) is 27.2 Å². The number of esters is 1. The molecule has 0 atom stereocenters. The summed E-state index contributed by atoms with van der Waals surface area (Å²) in [4.78, 5) is 47.4. The molecule has 0 aliphatic carbocycles. The van der Waals surface area contributed by atoms with Crippen LogP contribution in [0.5, 0.6) is 0 Å². The number of amides is 2. The van der Waals surface area contributed by atoms with Crippen molar-refractivity contribution in [2.24, 2.45) is 10.8 Å². The minimum absolute atomic E-state index is 0. The van der Waals surface area contributed by atoms with Crippen LogP contribution < -0.4 is 0 Å². The van der Waals surface area contributed by atoms with Gasteiger partial charge in [-0.15, -0.1) is 0 Å². The highest BCUT2D eigenvalue weighted by Crippen LogP contribution is 2.18. The lowest BCUT2D eigenvalue weighted by molar-refractivity contribution is -0.151. The third-order valence-corrected chi connectivity index (χ3v) is 3.85. The molecule has 0 aliphatic rings. The molecule has 33 heavy (non-hydrogen) atoms. The van der Waals surface area contributed by atoms with Crippen LogP contribution in [0.1, 0.15) is 42.5 Å². The summed E-state index contributed by atoms with van der Waals surface area (Å²) in [5.74, 6) is -1.32. The number of nitrogens with zero attached hydrogens (tertiary/aromatic N) is 2. The van der Waals surface area contributed by atoms with Crippen molar-refractivity contribution in [1.82, 2.24) is 9.80 Å². The van der Waals surface area contributed by atoms with Crippen molar-refractivity contribution in [3.63, 3.8) is 0 Å². The molecule has 0 bridgehead atoms. The minimum atomic E-state index is -0.984. The Morgan fingerprint density at radius 1 is 0.818 bits per heavy atom. The molecule has 0 radical (unpaired) electrons. The molecule has 0 heterocycles. The molecule has 10 nitrogen and oxygen atoms in total. The van der Waals surface area contributed by atoms with Gasteiger partial charge in [0.05, 0.1) is 17.9 Å². The van der Waals surface area contributed by atoms with Gasteiger partial charge >= 0.3 is 24.1 Å². The molecular weight excluding hydrogens is 432 g/mol. The number of rotatable bonds is 10. The van der Waals surface area contributed by atoms with Gasteiger partial charge in [0.15, 0.2) is 0 Å². The highest BCUT2D eigenvalue weighted by atomic mass is 16.6. The summed E-state index contributed by atoms with van der Waals surface area (Å²) in [6.45, 7) is 14.0. The van der Waals surface area contributed by atoms with Crippen LogP contribution >= 0.6 is 0 Å². The van der Waals surface area contributed by atoms with Crippen LogP contribution in [0, 0.1) is 10.8 Å².